The predicted molar refractivity (Wildman–Crippen MR) is 90.9 cm³/mol. The van der Waals surface area contributed by atoms with E-state index < -0.39 is 0 Å². The first kappa shape index (κ1) is 15.2. The predicted octanol–water partition coefficient (Wildman–Crippen LogP) is 3.19. The van der Waals surface area contributed by atoms with Crippen molar-refractivity contribution in [1.29, 1.82) is 0 Å². The van der Waals surface area contributed by atoms with Gasteiger partial charge in [-0.3, -0.25) is 4.79 Å². The fourth-order valence-electron chi connectivity index (χ4n) is 2.22. The minimum Gasteiger partial charge on any atom is -0.351 e. The number of nitrogens with one attached hydrogen (secondary N) is 1. The second kappa shape index (κ2) is 6.62. The van der Waals surface area contributed by atoms with E-state index in [1.807, 2.05) is 42.5 Å². The highest BCUT2D eigenvalue weighted by atomic mass is 35.5. The number of hydrogen-bond acceptors (Lipinski definition) is 3. The van der Waals surface area contributed by atoms with Crippen molar-refractivity contribution in [2.24, 2.45) is 0 Å². The Morgan fingerprint density at radius 1 is 1.22 bits per heavy atom. The number of amides is 1. The fourth-order valence-corrected chi connectivity index (χ4v) is 2.36. The minimum absolute atomic E-state index is 0.111. The van der Waals surface area contributed by atoms with Gasteiger partial charge in [-0.2, -0.15) is 5.10 Å². The molecule has 0 bridgehead atoms. The van der Waals surface area contributed by atoms with Gasteiger partial charge in [0.1, 0.15) is 5.15 Å². The van der Waals surface area contributed by atoms with E-state index in [1.54, 1.807) is 16.6 Å². The lowest BCUT2D eigenvalue weighted by molar-refractivity contribution is -0.119. The number of imidazole rings is 1. The summed E-state index contributed by atoms with van der Waals surface area (Å²) in [7, 11) is 0. The Labute approximate surface area is 138 Å². The second-order valence-electron chi connectivity index (χ2n) is 5.02. The molecule has 1 N–H and O–H groups in total. The molecule has 0 spiro atoms. The van der Waals surface area contributed by atoms with Crippen LogP contribution in [0.4, 0.5) is 0 Å². The van der Waals surface area contributed by atoms with Crippen LogP contribution in [0.2, 0.25) is 5.15 Å². The molecule has 1 amide bonds. The summed E-state index contributed by atoms with van der Waals surface area (Å²) in [5.74, 6) is -0.111. The summed E-state index contributed by atoms with van der Waals surface area (Å²) in [4.78, 5) is 15.8. The third kappa shape index (κ3) is 3.57. The third-order valence-electron chi connectivity index (χ3n) is 3.31. The molecule has 3 aromatic rings. The maximum Gasteiger partial charge on any atom is 0.217 e. The molecule has 0 aliphatic heterocycles. The van der Waals surface area contributed by atoms with E-state index in [1.165, 1.54) is 6.92 Å². The van der Waals surface area contributed by atoms with Gasteiger partial charge in [0.25, 0.3) is 0 Å². The van der Waals surface area contributed by atoms with Gasteiger partial charge in [-0.15, -0.1) is 0 Å². The lowest BCUT2D eigenvalue weighted by Gasteiger charge is -2.03. The maximum atomic E-state index is 11.2. The Kier molecular flexibility index (Phi) is 4.39. The van der Waals surface area contributed by atoms with Crippen molar-refractivity contribution in [3.8, 4) is 0 Å². The standard InChI is InChI=1S/C17H15ClN4O/c1-12(23)19-11-15-14(8-7-13-5-3-2-4-6-13)20-17-10-9-16(18)21-22(15)17/h2-10H,11H2,1H3,(H,19,23)/b8-7+. The first-order valence-electron chi connectivity index (χ1n) is 7.15. The molecule has 0 aliphatic carbocycles. The highest BCUT2D eigenvalue weighted by molar-refractivity contribution is 6.29. The van der Waals surface area contributed by atoms with Crippen LogP contribution in [0.5, 0.6) is 0 Å². The van der Waals surface area contributed by atoms with Gasteiger partial charge in [0, 0.05) is 6.92 Å². The van der Waals surface area contributed by atoms with Crippen molar-refractivity contribution in [1.82, 2.24) is 19.9 Å². The van der Waals surface area contributed by atoms with Crippen LogP contribution in [0.3, 0.4) is 0 Å². The number of carbonyl (C=O) groups is 1. The summed E-state index contributed by atoms with van der Waals surface area (Å²) in [5.41, 5.74) is 3.28. The van der Waals surface area contributed by atoms with Gasteiger partial charge in [-0.25, -0.2) is 9.50 Å². The number of benzene rings is 1. The number of rotatable bonds is 4. The van der Waals surface area contributed by atoms with Crippen LogP contribution in [0, 0.1) is 0 Å². The molecule has 116 valence electrons. The molecular weight excluding hydrogens is 312 g/mol. The van der Waals surface area contributed by atoms with Crippen LogP contribution in [-0.2, 0) is 11.3 Å². The lowest BCUT2D eigenvalue weighted by atomic mass is 10.2. The molecule has 3 rings (SSSR count). The Balaban J connectivity index is 2.02. The normalized spacial score (nSPS) is 11.2. The van der Waals surface area contributed by atoms with E-state index in [0.29, 0.717) is 17.3 Å². The summed E-state index contributed by atoms with van der Waals surface area (Å²) >= 11 is 5.97. The summed E-state index contributed by atoms with van der Waals surface area (Å²) in [5, 5.41) is 7.42. The molecule has 0 atom stereocenters. The number of nitrogens with zero attached hydrogens (tertiary/aromatic N) is 3. The van der Waals surface area contributed by atoms with Crippen LogP contribution in [0.15, 0.2) is 42.5 Å². The number of hydrogen-bond donors (Lipinski definition) is 1. The Hall–Kier alpha value is -2.66. The topological polar surface area (TPSA) is 59.3 Å². The highest BCUT2D eigenvalue weighted by Crippen LogP contribution is 2.16. The summed E-state index contributed by atoms with van der Waals surface area (Å²) < 4.78 is 1.66. The van der Waals surface area contributed by atoms with Crippen molar-refractivity contribution in [3.05, 3.63) is 64.6 Å². The van der Waals surface area contributed by atoms with Crippen molar-refractivity contribution in [2.45, 2.75) is 13.5 Å². The molecule has 2 aromatic heterocycles. The zero-order chi connectivity index (χ0) is 16.2. The second-order valence-corrected chi connectivity index (χ2v) is 5.41. The van der Waals surface area contributed by atoms with Gasteiger partial charge in [0.05, 0.1) is 17.9 Å². The SMILES string of the molecule is CC(=O)NCc1c(/C=C/c2ccccc2)nc2ccc(Cl)nn12. The molecule has 5 nitrogen and oxygen atoms in total. The van der Waals surface area contributed by atoms with Crippen LogP contribution in [0.1, 0.15) is 23.9 Å². The molecule has 0 unspecified atom stereocenters. The fraction of sp³-hybridized carbons (Fsp3) is 0.118. The van der Waals surface area contributed by atoms with Gasteiger partial charge in [-0.1, -0.05) is 48.0 Å². The Morgan fingerprint density at radius 2 is 2.00 bits per heavy atom. The number of halogens is 1. The van der Waals surface area contributed by atoms with E-state index in [2.05, 4.69) is 15.4 Å². The molecule has 0 saturated carbocycles. The van der Waals surface area contributed by atoms with E-state index in [4.69, 9.17) is 11.6 Å². The number of fused-ring (bicyclic) bond motifs is 1. The van der Waals surface area contributed by atoms with Crippen LogP contribution >= 0.6 is 11.6 Å². The van der Waals surface area contributed by atoms with E-state index >= 15 is 0 Å². The van der Waals surface area contributed by atoms with Gasteiger partial charge < -0.3 is 5.32 Å². The van der Waals surface area contributed by atoms with E-state index in [9.17, 15) is 4.79 Å². The van der Waals surface area contributed by atoms with E-state index in [-0.39, 0.29) is 5.91 Å². The summed E-state index contributed by atoms with van der Waals surface area (Å²) in [6, 6.07) is 13.4. The lowest BCUT2D eigenvalue weighted by Crippen LogP contribution is -2.20. The Morgan fingerprint density at radius 3 is 2.74 bits per heavy atom. The zero-order valence-corrected chi connectivity index (χ0v) is 13.3. The highest BCUT2D eigenvalue weighted by Gasteiger charge is 2.12. The molecule has 0 aliphatic rings. The zero-order valence-electron chi connectivity index (χ0n) is 12.5. The maximum absolute atomic E-state index is 11.2. The van der Waals surface area contributed by atoms with E-state index in [0.717, 1.165) is 17.0 Å². The molecule has 0 saturated heterocycles. The average molecular weight is 327 g/mol. The molecular formula is C17H15ClN4O. The van der Waals surface area contributed by atoms with Crippen LogP contribution < -0.4 is 5.32 Å². The van der Waals surface area contributed by atoms with Gasteiger partial charge in [0.2, 0.25) is 5.91 Å². The first-order chi connectivity index (χ1) is 11.1. The van der Waals surface area contributed by atoms with Crippen molar-refractivity contribution in [3.63, 3.8) is 0 Å². The quantitative estimate of drug-likeness (QED) is 0.801. The van der Waals surface area contributed by atoms with Gasteiger partial charge >= 0.3 is 0 Å². The average Bonchev–Trinajstić information content (AvgIpc) is 2.88. The summed E-state index contributed by atoms with van der Waals surface area (Å²) in [6.07, 6.45) is 3.88. The number of carbonyl (C=O) groups excluding carboxylic acids is 1. The molecule has 0 fully saturated rings. The monoisotopic (exact) mass is 326 g/mol. The van der Waals surface area contributed by atoms with Crippen LogP contribution in [0.25, 0.3) is 17.8 Å². The van der Waals surface area contributed by atoms with Crippen molar-refractivity contribution in [2.75, 3.05) is 0 Å². The van der Waals surface area contributed by atoms with Crippen molar-refractivity contribution >= 4 is 35.3 Å². The Bertz CT molecular complexity index is 871. The smallest absolute Gasteiger partial charge is 0.217 e. The minimum atomic E-state index is -0.111. The van der Waals surface area contributed by atoms with Crippen molar-refractivity contribution < 1.29 is 4.79 Å². The molecule has 23 heavy (non-hydrogen) atoms. The molecule has 1 aromatic carbocycles. The molecule has 0 radical (unpaired) electrons. The number of aromatic nitrogens is 3. The first-order valence-corrected chi connectivity index (χ1v) is 7.53. The third-order valence-corrected chi connectivity index (χ3v) is 3.51. The van der Waals surface area contributed by atoms with Crippen LogP contribution in [-0.4, -0.2) is 20.5 Å². The van der Waals surface area contributed by atoms with Gasteiger partial charge in [0.15, 0.2) is 5.65 Å². The molecule has 6 heteroatoms. The largest absolute Gasteiger partial charge is 0.351 e. The summed E-state index contributed by atoms with van der Waals surface area (Å²) in [6.45, 7) is 1.81. The molecule has 2 heterocycles. The van der Waals surface area contributed by atoms with Gasteiger partial charge in [-0.05, 0) is 23.8 Å².